The second-order valence-corrected chi connectivity index (χ2v) is 9.31. The third-order valence-electron chi connectivity index (χ3n) is 2.73. The Balaban J connectivity index is 4.40. The average molecular weight is 296 g/mol. The maximum Gasteiger partial charge on any atom is 0.528 e. The quantitative estimate of drug-likeness (QED) is 0.565. The van der Waals surface area contributed by atoms with Gasteiger partial charge in [0, 0.05) is 48.7 Å². The SMILES string of the molecule is CO[Si](C=CCC[Si](OC)(OC)OC)(OC)OC. The standard InChI is InChI=1S/C10H24O6Si2/c1-11-17(12-2,13-3)9-7-8-10-18(14-4,15-5)16-6/h7,9H,8,10H2,1-6H3. The van der Waals surface area contributed by atoms with E-state index in [0.29, 0.717) is 6.04 Å². The molecule has 0 N–H and O–H groups in total. The molecule has 0 aliphatic carbocycles. The minimum atomic E-state index is -2.63. The van der Waals surface area contributed by atoms with E-state index in [1.165, 1.54) is 0 Å². The van der Waals surface area contributed by atoms with Crippen LogP contribution >= 0.6 is 0 Å². The van der Waals surface area contributed by atoms with Crippen molar-refractivity contribution in [3.63, 3.8) is 0 Å². The molecule has 8 heteroatoms. The highest BCUT2D eigenvalue weighted by Crippen LogP contribution is 2.16. The topological polar surface area (TPSA) is 55.4 Å². The van der Waals surface area contributed by atoms with E-state index < -0.39 is 17.6 Å². The van der Waals surface area contributed by atoms with Gasteiger partial charge in [0.1, 0.15) is 0 Å². The van der Waals surface area contributed by atoms with E-state index in [1.807, 2.05) is 11.8 Å². The van der Waals surface area contributed by atoms with E-state index in [-0.39, 0.29) is 0 Å². The van der Waals surface area contributed by atoms with Crippen LogP contribution in [0.4, 0.5) is 0 Å². The van der Waals surface area contributed by atoms with Gasteiger partial charge >= 0.3 is 17.6 Å². The lowest BCUT2D eigenvalue weighted by atomic mass is 10.5. The summed E-state index contributed by atoms with van der Waals surface area (Å²) >= 11 is 0. The normalized spacial score (nSPS) is 13.4. The molecule has 0 amide bonds. The minimum Gasteiger partial charge on any atom is -0.377 e. The molecule has 0 aliphatic heterocycles. The van der Waals surface area contributed by atoms with Crippen LogP contribution in [0, 0.1) is 0 Å². The third kappa shape index (κ3) is 4.90. The number of hydrogen-bond donors (Lipinski definition) is 0. The number of hydrogen-bond acceptors (Lipinski definition) is 6. The third-order valence-corrected chi connectivity index (χ3v) is 7.84. The van der Waals surface area contributed by atoms with Crippen LogP contribution in [0.1, 0.15) is 6.42 Å². The summed E-state index contributed by atoms with van der Waals surface area (Å²) in [6.45, 7) is 0. The van der Waals surface area contributed by atoms with E-state index in [9.17, 15) is 0 Å². The maximum absolute atomic E-state index is 5.33. The van der Waals surface area contributed by atoms with Gasteiger partial charge in [0.2, 0.25) is 0 Å². The van der Waals surface area contributed by atoms with Gasteiger partial charge in [0.05, 0.1) is 0 Å². The molecule has 0 aliphatic rings. The van der Waals surface area contributed by atoms with Crippen molar-refractivity contribution in [1.29, 1.82) is 0 Å². The highest BCUT2D eigenvalue weighted by Gasteiger charge is 2.37. The first-order valence-electron chi connectivity index (χ1n) is 5.56. The molecule has 0 rings (SSSR count). The molecule has 0 aromatic carbocycles. The molecule has 0 aromatic rings. The van der Waals surface area contributed by atoms with Gasteiger partial charge in [-0.2, -0.15) is 0 Å². The summed E-state index contributed by atoms with van der Waals surface area (Å²) in [4.78, 5) is 0. The smallest absolute Gasteiger partial charge is 0.377 e. The molecular weight excluding hydrogens is 272 g/mol. The lowest BCUT2D eigenvalue weighted by Crippen LogP contribution is -2.42. The maximum atomic E-state index is 5.33. The first-order chi connectivity index (χ1) is 8.57. The Hall–Kier alpha value is -0.0662. The van der Waals surface area contributed by atoms with Gasteiger partial charge in [-0.25, -0.2) is 0 Å². The predicted molar refractivity (Wildman–Crippen MR) is 72.1 cm³/mol. The van der Waals surface area contributed by atoms with E-state index in [2.05, 4.69) is 0 Å². The molecule has 0 atom stereocenters. The van der Waals surface area contributed by atoms with Crippen molar-refractivity contribution in [3.05, 3.63) is 11.8 Å². The van der Waals surface area contributed by atoms with Crippen molar-refractivity contribution in [3.8, 4) is 0 Å². The van der Waals surface area contributed by atoms with Crippen molar-refractivity contribution < 1.29 is 26.6 Å². The second kappa shape index (κ2) is 8.94. The van der Waals surface area contributed by atoms with Gasteiger partial charge in [0.15, 0.2) is 0 Å². The Kier molecular flexibility index (Phi) is 8.90. The summed E-state index contributed by atoms with van der Waals surface area (Å²) in [6.07, 6.45) is 2.69. The summed E-state index contributed by atoms with van der Waals surface area (Å²) in [5.41, 5.74) is 1.84. The molecule has 18 heavy (non-hydrogen) atoms. The van der Waals surface area contributed by atoms with E-state index >= 15 is 0 Å². The van der Waals surface area contributed by atoms with Crippen LogP contribution in [-0.2, 0) is 26.6 Å². The zero-order valence-electron chi connectivity index (χ0n) is 12.0. The Morgan fingerprint density at radius 2 is 1.17 bits per heavy atom. The first-order valence-corrected chi connectivity index (χ1v) is 9.29. The van der Waals surface area contributed by atoms with Crippen LogP contribution in [0.25, 0.3) is 0 Å². The van der Waals surface area contributed by atoms with E-state index in [0.717, 1.165) is 6.42 Å². The van der Waals surface area contributed by atoms with Crippen molar-refractivity contribution in [2.45, 2.75) is 12.5 Å². The molecule has 0 saturated heterocycles. The van der Waals surface area contributed by atoms with Gasteiger partial charge in [-0.3, -0.25) is 0 Å². The molecule has 6 nitrogen and oxygen atoms in total. The largest absolute Gasteiger partial charge is 0.528 e. The minimum absolute atomic E-state index is 0.689. The molecule has 0 bridgehead atoms. The van der Waals surface area contributed by atoms with Gasteiger partial charge in [0.25, 0.3) is 0 Å². The molecule has 0 saturated carbocycles. The van der Waals surface area contributed by atoms with Crippen LogP contribution in [0.2, 0.25) is 6.04 Å². The van der Waals surface area contributed by atoms with Crippen LogP contribution in [0.15, 0.2) is 11.8 Å². The van der Waals surface area contributed by atoms with Crippen molar-refractivity contribution in [2.24, 2.45) is 0 Å². The highest BCUT2D eigenvalue weighted by atomic mass is 28.4. The average Bonchev–Trinajstić information content (AvgIpc) is 2.45. The fraction of sp³-hybridized carbons (Fsp3) is 0.800. The fourth-order valence-corrected chi connectivity index (χ4v) is 4.49. The molecule has 0 spiro atoms. The Labute approximate surface area is 112 Å². The molecule has 0 aromatic heterocycles. The zero-order chi connectivity index (χ0) is 14.1. The van der Waals surface area contributed by atoms with Crippen LogP contribution < -0.4 is 0 Å². The van der Waals surface area contributed by atoms with Crippen LogP contribution in [0.5, 0.6) is 0 Å². The van der Waals surface area contributed by atoms with Crippen molar-refractivity contribution >= 4 is 17.6 Å². The van der Waals surface area contributed by atoms with Gasteiger partial charge < -0.3 is 26.6 Å². The summed E-state index contributed by atoms with van der Waals surface area (Å²) in [7, 11) is 4.38. The molecule has 0 heterocycles. The lowest BCUT2D eigenvalue weighted by molar-refractivity contribution is 0.124. The first kappa shape index (κ1) is 17.9. The monoisotopic (exact) mass is 296 g/mol. The Bertz CT molecular complexity index is 224. The van der Waals surface area contributed by atoms with E-state index in [4.69, 9.17) is 26.6 Å². The van der Waals surface area contributed by atoms with Crippen molar-refractivity contribution in [1.82, 2.24) is 0 Å². The summed E-state index contributed by atoms with van der Waals surface area (Å²) in [5.74, 6) is 0. The predicted octanol–water partition coefficient (Wildman–Crippen LogP) is 1.23. The molecule has 0 fully saturated rings. The highest BCUT2D eigenvalue weighted by molar-refractivity contribution is 6.66. The van der Waals surface area contributed by atoms with Gasteiger partial charge in [-0.05, 0) is 12.1 Å². The van der Waals surface area contributed by atoms with E-state index in [1.54, 1.807) is 42.7 Å². The summed E-state index contributed by atoms with van der Waals surface area (Å²) in [6, 6.07) is 0.689. The molecule has 0 unspecified atom stereocenters. The fourth-order valence-electron chi connectivity index (χ4n) is 1.50. The van der Waals surface area contributed by atoms with Gasteiger partial charge in [-0.15, -0.1) is 0 Å². The Morgan fingerprint density at radius 1 is 0.722 bits per heavy atom. The molecular formula is C10H24O6Si2. The lowest BCUT2D eigenvalue weighted by Gasteiger charge is -2.24. The van der Waals surface area contributed by atoms with Gasteiger partial charge in [-0.1, -0.05) is 6.08 Å². The van der Waals surface area contributed by atoms with Crippen LogP contribution in [-0.4, -0.2) is 60.3 Å². The van der Waals surface area contributed by atoms with Crippen LogP contribution in [0.3, 0.4) is 0 Å². The number of allylic oxidation sites excluding steroid dienone is 1. The summed E-state index contributed by atoms with van der Waals surface area (Å²) in [5, 5.41) is 0. The second-order valence-electron chi connectivity index (χ2n) is 3.45. The summed E-state index contributed by atoms with van der Waals surface area (Å²) < 4.78 is 31.8. The number of rotatable bonds is 10. The van der Waals surface area contributed by atoms with Crippen molar-refractivity contribution in [2.75, 3.05) is 42.7 Å². The molecule has 108 valence electrons. The Morgan fingerprint density at radius 3 is 1.50 bits per heavy atom. The zero-order valence-corrected chi connectivity index (χ0v) is 14.0. The molecule has 0 radical (unpaired) electrons.